The number of anilines is 1. The second kappa shape index (κ2) is 8.82. The van der Waals surface area contributed by atoms with Crippen molar-refractivity contribution in [2.75, 3.05) is 17.2 Å². The summed E-state index contributed by atoms with van der Waals surface area (Å²) >= 11 is 7.87. The van der Waals surface area contributed by atoms with E-state index in [2.05, 4.69) is 52.8 Å². The van der Waals surface area contributed by atoms with Crippen LogP contribution < -0.4 is 9.47 Å². The fourth-order valence-corrected chi connectivity index (χ4v) is 5.79. The predicted molar refractivity (Wildman–Crippen MR) is 128 cm³/mol. The highest BCUT2D eigenvalue weighted by molar-refractivity contribution is 8.03. The largest absolute Gasteiger partial charge is 0.335 e. The van der Waals surface area contributed by atoms with Gasteiger partial charge in [0.05, 0.1) is 16.5 Å². The maximum absolute atomic E-state index is 11.3. The van der Waals surface area contributed by atoms with Crippen LogP contribution in [0.4, 0.5) is 5.69 Å². The smallest absolute Gasteiger partial charge is 0.265 e. The van der Waals surface area contributed by atoms with Crippen molar-refractivity contribution in [1.82, 2.24) is 0 Å². The number of aryl methyl sites for hydroxylation is 2. The van der Waals surface area contributed by atoms with Crippen molar-refractivity contribution in [3.63, 3.8) is 0 Å². The van der Waals surface area contributed by atoms with Crippen LogP contribution in [-0.2, 0) is 16.7 Å². The highest BCUT2D eigenvalue weighted by atomic mass is 35.5. The lowest BCUT2D eigenvalue weighted by atomic mass is 10.1. The van der Waals surface area contributed by atoms with Gasteiger partial charge in [-0.15, -0.1) is 0 Å². The highest BCUT2D eigenvalue weighted by Gasteiger charge is 2.26. The van der Waals surface area contributed by atoms with Crippen molar-refractivity contribution in [2.24, 2.45) is 0 Å². The zero-order chi connectivity index (χ0) is 22.2. The highest BCUT2D eigenvalue weighted by Crippen LogP contribution is 2.47. The van der Waals surface area contributed by atoms with E-state index in [1.165, 1.54) is 0 Å². The number of pyridine rings is 1. The van der Waals surface area contributed by atoms with E-state index in [0.29, 0.717) is 18.0 Å². The molecular weight excluding hydrogens is 452 g/mol. The lowest BCUT2D eigenvalue weighted by Crippen LogP contribution is -2.39. The van der Waals surface area contributed by atoms with Crippen LogP contribution in [0.25, 0.3) is 17.0 Å². The van der Waals surface area contributed by atoms with Gasteiger partial charge in [-0.3, -0.25) is 4.55 Å². The molecule has 0 radical (unpaired) electrons. The van der Waals surface area contributed by atoms with E-state index in [1.54, 1.807) is 11.8 Å². The topological polar surface area (TPSA) is 61.5 Å². The van der Waals surface area contributed by atoms with Gasteiger partial charge in [0.2, 0.25) is 11.2 Å². The molecule has 0 bridgehead atoms. The maximum atomic E-state index is 11.3. The molecule has 0 spiro atoms. The molecule has 0 unspecified atom stereocenters. The molecule has 1 aromatic heterocycles. The second-order valence-corrected chi connectivity index (χ2v) is 10.6. The van der Waals surface area contributed by atoms with Gasteiger partial charge in [0, 0.05) is 46.5 Å². The Morgan fingerprint density at radius 3 is 2.68 bits per heavy atom. The molecule has 0 fully saturated rings. The first-order chi connectivity index (χ1) is 14.7. The molecule has 0 saturated heterocycles. The summed E-state index contributed by atoms with van der Waals surface area (Å²) in [7, 11) is -4.00. The Kier molecular flexibility index (Phi) is 6.30. The Labute approximate surface area is 192 Å². The molecule has 2 heterocycles. The van der Waals surface area contributed by atoms with Crippen LogP contribution in [0.2, 0.25) is 5.02 Å². The Hall–Kier alpha value is -2.06. The van der Waals surface area contributed by atoms with Gasteiger partial charge in [-0.2, -0.15) is 13.0 Å². The number of nitrogens with zero attached hydrogens (tertiary/aromatic N) is 2. The SMILES string of the molecule is CCN1/C(=C/c2ccc3ccc(C)cc3[n+]2CCCS(=O)(=O)O)Sc2cc(Cl)ccc21. The zero-order valence-corrected chi connectivity index (χ0v) is 19.8. The number of fused-ring (bicyclic) bond motifs is 2. The lowest BCUT2D eigenvalue weighted by Gasteiger charge is -2.17. The van der Waals surface area contributed by atoms with Crippen molar-refractivity contribution in [3.05, 3.63) is 69.8 Å². The fraction of sp³-hybridized carbons (Fsp3) is 0.261. The minimum absolute atomic E-state index is 0.266. The molecule has 31 heavy (non-hydrogen) atoms. The predicted octanol–water partition coefficient (Wildman–Crippen LogP) is 5.30. The van der Waals surface area contributed by atoms with Crippen LogP contribution in [0.1, 0.15) is 24.6 Å². The third-order valence-corrected chi connectivity index (χ3v) is 7.42. The van der Waals surface area contributed by atoms with Gasteiger partial charge < -0.3 is 4.90 Å². The van der Waals surface area contributed by atoms with Crippen LogP contribution in [0.3, 0.4) is 0 Å². The maximum Gasteiger partial charge on any atom is 0.265 e. The van der Waals surface area contributed by atoms with Crippen LogP contribution in [0.5, 0.6) is 0 Å². The molecular formula is C23H24ClN2O3S2+. The van der Waals surface area contributed by atoms with Crippen molar-refractivity contribution in [1.29, 1.82) is 0 Å². The van der Waals surface area contributed by atoms with E-state index < -0.39 is 10.1 Å². The van der Waals surface area contributed by atoms with E-state index in [0.717, 1.165) is 44.3 Å². The molecule has 8 heteroatoms. The molecule has 1 N–H and O–H groups in total. The van der Waals surface area contributed by atoms with Crippen LogP contribution >= 0.6 is 23.4 Å². The number of rotatable bonds is 6. The number of halogens is 1. The average molecular weight is 476 g/mol. The Morgan fingerprint density at radius 1 is 1.16 bits per heavy atom. The monoisotopic (exact) mass is 475 g/mol. The summed E-state index contributed by atoms with van der Waals surface area (Å²) in [6.45, 7) is 5.46. The fourth-order valence-electron chi connectivity index (χ4n) is 3.85. The lowest BCUT2D eigenvalue weighted by molar-refractivity contribution is -0.673. The third kappa shape index (κ3) is 4.90. The van der Waals surface area contributed by atoms with E-state index in [-0.39, 0.29) is 5.75 Å². The number of hydrogen-bond donors (Lipinski definition) is 1. The summed E-state index contributed by atoms with van der Waals surface area (Å²) in [5.74, 6) is -0.266. The molecule has 0 atom stereocenters. The van der Waals surface area contributed by atoms with Crippen LogP contribution in [0.15, 0.2) is 58.5 Å². The quantitative estimate of drug-likeness (QED) is 0.387. The van der Waals surface area contributed by atoms with Crippen molar-refractivity contribution in [3.8, 4) is 0 Å². The van der Waals surface area contributed by atoms with Gasteiger partial charge >= 0.3 is 0 Å². The minimum Gasteiger partial charge on any atom is -0.335 e. The molecule has 162 valence electrons. The first-order valence-electron chi connectivity index (χ1n) is 10.1. The molecule has 1 aliphatic rings. The van der Waals surface area contributed by atoms with E-state index in [4.69, 9.17) is 11.6 Å². The van der Waals surface area contributed by atoms with Gasteiger partial charge in [0.15, 0.2) is 6.54 Å². The summed E-state index contributed by atoms with van der Waals surface area (Å²) < 4.78 is 33.8. The number of benzene rings is 2. The zero-order valence-electron chi connectivity index (χ0n) is 17.4. The first kappa shape index (κ1) is 22.1. The minimum atomic E-state index is -4.00. The van der Waals surface area contributed by atoms with Gasteiger partial charge in [-0.25, -0.2) is 0 Å². The summed E-state index contributed by atoms with van der Waals surface area (Å²) in [4.78, 5) is 3.37. The molecule has 0 saturated carbocycles. The first-order valence-corrected chi connectivity index (χ1v) is 12.9. The molecule has 0 amide bonds. The number of thioether (sulfide) groups is 1. The van der Waals surface area contributed by atoms with Gasteiger partial charge in [-0.05, 0) is 49.7 Å². The summed E-state index contributed by atoms with van der Waals surface area (Å²) in [6, 6.07) is 16.3. The van der Waals surface area contributed by atoms with Gasteiger partial charge in [-0.1, -0.05) is 29.4 Å². The van der Waals surface area contributed by atoms with Crippen LogP contribution in [0, 0.1) is 6.92 Å². The Bertz CT molecular complexity index is 1290. The second-order valence-electron chi connectivity index (χ2n) is 7.55. The summed E-state index contributed by atoms with van der Waals surface area (Å²) in [5.41, 5.74) is 4.29. The normalized spacial score (nSPS) is 15.1. The van der Waals surface area contributed by atoms with Gasteiger partial charge in [0.1, 0.15) is 0 Å². The molecule has 0 aliphatic carbocycles. The molecule has 2 aromatic carbocycles. The molecule has 1 aliphatic heterocycles. The van der Waals surface area contributed by atoms with E-state index in [9.17, 15) is 13.0 Å². The summed E-state index contributed by atoms with van der Waals surface area (Å²) in [5, 5.41) is 2.89. The average Bonchev–Trinajstić information content (AvgIpc) is 3.04. The number of hydrogen-bond acceptors (Lipinski definition) is 4. The summed E-state index contributed by atoms with van der Waals surface area (Å²) in [6.07, 6.45) is 2.46. The van der Waals surface area contributed by atoms with Crippen LogP contribution in [-0.4, -0.2) is 25.3 Å². The standard InChI is InChI=1S/C23H23ClN2O3S2/c1-3-25-20-10-8-18(24)14-22(20)30-23(25)15-19-9-7-17-6-5-16(2)13-21(17)26(19)11-4-12-31(27,28)29/h5-10,13-15H,3-4,11-12H2,1-2H3/p+1. The molecule has 4 rings (SSSR count). The third-order valence-electron chi connectivity index (χ3n) is 5.29. The molecule has 3 aromatic rings. The van der Waals surface area contributed by atoms with Crippen molar-refractivity contribution in [2.45, 2.75) is 31.7 Å². The van der Waals surface area contributed by atoms with E-state index >= 15 is 0 Å². The Morgan fingerprint density at radius 2 is 1.94 bits per heavy atom. The van der Waals surface area contributed by atoms with E-state index in [1.807, 2.05) is 25.1 Å². The Balaban J connectivity index is 1.78. The number of aromatic nitrogens is 1. The van der Waals surface area contributed by atoms with Gasteiger partial charge in [0.25, 0.3) is 10.1 Å². The van der Waals surface area contributed by atoms with Crippen molar-refractivity contribution >= 4 is 56.1 Å². The van der Waals surface area contributed by atoms with Crippen molar-refractivity contribution < 1.29 is 17.5 Å². The molecule has 5 nitrogen and oxygen atoms in total.